The lowest BCUT2D eigenvalue weighted by atomic mass is 10.1. The van der Waals surface area contributed by atoms with E-state index in [2.05, 4.69) is 20.6 Å². The number of anilines is 2. The number of hydrogen-bond donors (Lipinski definition) is 2. The van der Waals surface area contributed by atoms with Gasteiger partial charge in [0, 0.05) is 11.3 Å². The number of hydrogen-bond acceptors (Lipinski definition) is 7. The summed E-state index contributed by atoms with van der Waals surface area (Å²) < 4.78 is 55.6. The summed E-state index contributed by atoms with van der Waals surface area (Å²) in [7, 11) is 1.61. The molecule has 7 nitrogen and oxygen atoms in total. The molecule has 10 heteroatoms. The fourth-order valence-electron chi connectivity index (χ4n) is 3.75. The lowest BCUT2D eigenvalue weighted by Gasteiger charge is -2.21. The summed E-state index contributed by atoms with van der Waals surface area (Å²) in [5.41, 5.74) is 2.02. The molecule has 170 valence electrons. The molecule has 1 atom stereocenters. The molecule has 3 aromatic rings. The monoisotopic (exact) mass is 456 g/mol. The molecular weight excluding hydrogens is 437 g/mol. The maximum atomic E-state index is 12.9. The second-order valence-corrected chi connectivity index (χ2v) is 7.46. The van der Waals surface area contributed by atoms with Crippen molar-refractivity contribution < 1.29 is 27.4 Å². The van der Waals surface area contributed by atoms with Crippen molar-refractivity contribution in [1.29, 1.82) is 0 Å². The molecule has 5 rings (SSSR count). The Bertz CT molecular complexity index is 1230. The van der Waals surface area contributed by atoms with E-state index in [1.807, 2.05) is 18.2 Å². The summed E-state index contributed by atoms with van der Waals surface area (Å²) >= 11 is 0. The molecule has 0 aliphatic carbocycles. The van der Waals surface area contributed by atoms with Crippen molar-refractivity contribution >= 4 is 23.2 Å². The molecule has 0 radical (unpaired) electrons. The molecule has 2 aromatic carbocycles. The Balaban J connectivity index is 1.32. The number of ether oxygens (including phenoxy) is 3. The van der Waals surface area contributed by atoms with Gasteiger partial charge in [-0.2, -0.15) is 18.2 Å². The number of nitrogens with zero attached hydrogens (tertiary/aromatic N) is 2. The van der Waals surface area contributed by atoms with Crippen LogP contribution in [0, 0.1) is 0 Å². The number of alkyl halides is 3. The van der Waals surface area contributed by atoms with Crippen LogP contribution in [0.25, 0.3) is 0 Å². The highest BCUT2D eigenvalue weighted by molar-refractivity contribution is 5.81. The lowest BCUT2D eigenvalue weighted by Crippen LogP contribution is -2.32. The van der Waals surface area contributed by atoms with Gasteiger partial charge in [0.15, 0.2) is 0 Å². The first-order valence-electron chi connectivity index (χ1n) is 10.1. The largest absolute Gasteiger partial charge is 0.496 e. The third kappa shape index (κ3) is 4.23. The van der Waals surface area contributed by atoms with Gasteiger partial charge >= 0.3 is 6.18 Å². The zero-order valence-electron chi connectivity index (χ0n) is 17.4. The van der Waals surface area contributed by atoms with Gasteiger partial charge in [0.2, 0.25) is 0 Å². The molecule has 2 aliphatic rings. The number of rotatable bonds is 4. The molecule has 1 unspecified atom stereocenters. The SMILES string of the molecule is COc1cccc2c1C(NC1=Nc3ccc(Nc4cccc(C(F)(F)F)n4)cc3CO1)CO2. The number of aromatic nitrogens is 1. The Hall–Kier alpha value is -3.95. The molecule has 0 saturated heterocycles. The second kappa shape index (κ2) is 8.19. The van der Waals surface area contributed by atoms with Crippen LogP contribution in [0.3, 0.4) is 0 Å². The van der Waals surface area contributed by atoms with E-state index >= 15 is 0 Å². The van der Waals surface area contributed by atoms with E-state index in [9.17, 15) is 13.2 Å². The Morgan fingerprint density at radius 3 is 2.73 bits per heavy atom. The number of pyridine rings is 1. The van der Waals surface area contributed by atoms with E-state index in [0.717, 1.165) is 28.7 Å². The maximum absolute atomic E-state index is 12.9. The van der Waals surface area contributed by atoms with Crippen LogP contribution in [-0.4, -0.2) is 24.7 Å². The van der Waals surface area contributed by atoms with Crippen LogP contribution in [-0.2, 0) is 17.5 Å². The molecule has 1 aromatic heterocycles. The van der Waals surface area contributed by atoms with Crippen LogP contribution < -0.4 is 20.1 Å². The first kappa shape index (κ1) is 20.9. The summed E-state index contributed by atoms with van der Waals surface area (Å²) in [6.45, 7) is 0.664. The van der Waals surface area contributed by atoms with Gasteiger partial charge in [0.05, 0.1) is 24.4 Å². The number of fused-ring (bicyclic) bond motifs is 2. The van der Waals surface area contributed by atoms with Gasteiger partial charge in [-0.1, -0.05) is 12.1 Å². The average molecular weight is 456 g/mol. The van der Waals surface area contributed by atoms with Crippen LogP contribution in [0.4, 0.5) is 30.4 Å². The molecule has 0 bridgehead atoms. The van der Waals surface area contributed by atoms with Crippen LogP contribution in [0.1, 0.15) is 22.9 Å². The number of aliphatic imine (C=N–C) groups is 1. The van der Waals surface area contributed by atoms with Gasteiger partial charge in [-0.25, -0.2) is 4.98 Å². The highest BCUT2D eigenvalue weighted by Gasteiger charge is 2.32. The van der Waals surface area contributed by atoms with Crippen molar-refractivity contribution in [3.05, 3.63) is 71.4 Å². The van der Waals surface area contributed by atoms with Crippen LogP contribution in [0.5, 0.6) is 11.5 Å². The minimum atomic E-state index is -4.51. The number of methoxy groups -OCH3 is 1. The van der Waals surface area contributed by atoms with Crippen molar-refractivity contribution in [3.63, 3.8) is 0 Å². The quantitative estimate of drug-likeness (QED) is 0.569. The van der Waals surface area contributed by atoms with Crippen molar-refractivity contribution in [2.24, 2.45) is 4.99 Å². The van der Waals surface area contributed by atoms with Gasteiger partial charge < -0.3 is 24.8 Å². The van der Waals surface area contributed by atoms with E-state index in [1.54, 1.807) is 25.3 Å². The van der Waals surface area contributed by atoms with Crippen molar-refractivity contribution in [2.75, 3.05) is 19.0 Å². The molecule has 3 heterocycles. The predicted octanol–water partition coefficient (Wildman–Crippen LogP) is 5.09. The van der Waals surface area contributed by atoms with Crippen molar-refractivity contribution in [3.8, 4) is 11.5 Å². The second-order valence-electron chi connectivity index (χ2n) is 7.46. The molecule has 2 aliphatic heterocycles. The fraction of sp³-hybridized carbons (Fsp3) is 0.217. The summed E-state index contributed by atoms with van der Waals surface area (Å²) in [4.78, 5) is 8.15. The highest BCUT2D eigenvalue weighted by atomic mass is 19.4. The summed E-state index contributed by atoms with van der Waals surface area (Å²) in [6.07, 6.45) is -4.51. The van der Waals surface area contributed by atoms with E-state index in [-0.39, 0.29) is 18.5 Å². The zero-order chi connectivity index (χ0) is 23.0. The lowest BCUT2D eigenvalue weighted by molar-refractivity contribution is -0.141. The first-order chi connectivity index (χ1) is 15.9. The predicted molar refractivity (Wildman–Crippen MR) is 115 cm³/mol. The topological polar surface area (TPSA) is 77.0 Å². The molecular formula is C23H19F3N4O3. The molecule has 0 spiro atoms. The van der Waals surface area contributed by atoms with Gasteiger partial charge in [0.1, 0.15) is 36.2 Å². The summed E-state index contributed by atoms with van der Waals surface area (Å²) in [5, 5.41) is 6.15. The number of benzene rings is 2. The van der Waals surface area contributed by atoms with Gasteiger partial charge in [0.25, 0.3) is 6.02 Å². The number of amidine groups is 1. The Kier molecular flexibility index (Phi) is 5.20. The van der Waals surface area contributed by atoms with Crippen molar-refractivity contribution in [1.82, 2.24) is 10.3 Å². The van der Waals surface area contributed by atoms with Crippen molar-refractivity contribution in [2.45, 2.75) is 18.8 Å². The molecule has 0 saturated carbocycles. The van der Waals surface area contributed by atoms with Crippen LogP contribution in [0.2, 0.25) is 0 Å². The fourth-order valence-corrected chi connectivity index (χ4v) is 3.75. The van der Waals surface area contributed by atoms with E-state index in [0.29, 0.717) is 24.0 Å². The normalized spacial score (nSPS) is 16.6. The first-order valence-corrected chi connectivity index (χ1v) is 10.1. The minimum Gasteiger partial charge on any atom is -0.496 e. The third-order valence-electron chi connectivity index (χ3n) is 5.28. The molecule has 0 fully saturated rings. The zero-order valence-corrected chi connectivity index (χ0v) is 17.4. The Morgan fingerprint density at radius 2 is 1.91 bits per heavy atom. The third-order valence-corrected chi connectivity index (χ3v) is 5.28. The standard InChI is InChI=1S/C23H19F3N4O3/c1-31-17-4-2-5-18-21(17)16(12-32-18)29-22-28-15-9-8-14(10-13(15)11-33-22)27-20-7-3-6-19(30-20)23(24,25)26/h2-10,16H,11-12H2,1H3,(H,27,30)(H,28,29). The van der Waals surface area contributed by atoms with E-state index in [4.69, 9.17) is 14.2 Å². The Labute approximate surface area is 187 Å². The minimum absolute atomic E-state index is 0.0983. The van der Waals surface area contributed by atoms with E-state index in [1.165, 1.54) is 12.1 Å². The Morgan fingerprint density at radius 1 is 1.06 bits per heavy atom. The maximum Gasteiger partial charge on any atom is 0.433 e. The number of halogens is 3. The average Bonchev–Trinajstić information content (AvgIpc) is 3.22. The summed E-state index contributed by atoms with van der Waals surface area (Å²) in [6, 6.07) is 14.8. The summed E-state index contributed by atoms with van der Waals surface area (Å²) in [5.74, 6) is 1.57. The van der Waals surface area contributed by atoms with Crippen LogP contribution >= 0.6 is 0 Å². The van der Waals surface area contributed by atoms with E-state index < -0.39 is 11.9 Å². The van der Waals surface area contributed by atoms with Crippen LogP contribution in [0.15, 0.2) is 59.6 Å². The highest BCUT2D eigenvalue weighted by Crippen LogP contribution is 2.39. The van der Waals surface area contributed by atoms with Gasteiger partial charge in [-0.05, 0) is 42.5 Å². The van der Waals surface area contributed by atoms with Gasteiger partial charge in [-0.3, -0.25) is 0 Å². The number of nitrogens with one attached hydrogen (secondary N) is 2. The molecule has 2 N–H and O–H groups in total. The smallest absolute Gasteiger partial charge is 0.433 e. The molecule has 0 amide bonds. The van der Waals surface area contributed by atoms with Gasteiger partial charge in [-0.15, -0.1) is 0 Å². The molecule has 33 heavy (non-hydrogen) atoms.